The number of ether oxygens (including phenoxy) is 2. The predicted octanol–water partition coefficient (Wildman–Crippen LogP) is 1.39. The maximum absolute atomic E-state index is 5.91. The highest BCUT2D eigenvalue weighted by atomic mass is 16.5. The van der Waals surface area contributed by atoms with Crippen molar-refractivity contribution in [2.24, 2.45) is 4.99 Å². The third kappa shape index (κ3) is 6.19. The van der Waals surface area contributed by atoms with E-state index in [-0.39, 0.29) is 0 Å². The largest absolute Gasteiger partial charge is 0.385 e. The molecule has 0 aliphatic carbocycles. The molecule has 2 rings (SSSR count). The van der Waals surface area contributed by atoms with Crippen LogP contribution in [0, 0.1) is 0 Å². The van der Waals surface area contributed by atoms with Gasteiger partial charge in [0.25, 0.3) is 0 Å². The van der Waals surface area contributed by atoms with Gasteiger partial charge in [0.05, 0.1) is 18.3 Å². The van der Waals surface area contributed by atoms with Crippen molar-refractivity contribution in [2.45, 2.75) is 38.8 Å². The Morgan fingerprint density at radius 2 is 2.26 bits per heavy atom. The van der Waals surface area contributed by atoms with Crippen LogP contribution in [-0.2, 0) is 16.0 Å². The summed E-state index contributed by atoms with van der Waals surface area (Å²) in [6, 6.07) is 1.95. The average molecular weight is 323 g/mol. The Balaban J connectivity index is 1.77. The maximum atomic E-state index is 5.91. The molecule has 0 bridgehead atoms. The number of rotatable bonds is 8. The summed E-state index contributed by atoms with van der Waals surface area (Å²) in [6.07, 6.45) is 5.16. The van der Waals surface area contributed by atoms with E-state index in [1.54, 1.807) is 13.3 Å². The molecule has 0 amide bonds. The average Bonchev–Trinajstić information content (AvgIpc) is 3.10. The number of likely N-dealkylation sites (tertiary alicyclic amines) is 1. The quantitative estimate of drug-likeness (QED) is 0.430. The van der Waals surface area contributed by atoms with Crippen LogP contribution >= 0.6 is 0 Å². The zero-order valence-electron chi connectivity index (χ0n) is 14.3. The summed E-state index contributed by atoms with van der Waals surface area (Å²) < 4.78 is 11.0. The third-order valence-corrected chi connectivity index (χ3v) is 3.88. The molecule has 0 unspecified atom stereocenters. The van der Waals surface area contributed by atoms with Crippen molar-refractivity contribution in [1.82, 2.24) is 20.4 Å². The summed E-state index contributed by atoms with van der Waals surface area (Å²) >= 11 is 0. The number of hydrogen-bond acceptors (Lipinski definition) is 4. The van der Waals surface area contributed by atoms with Gasteiger partial charge in [-0.15, -0.1) is 0 Å². The third-order valence-electron chi connectivity index (χ3n) is 3.88. The molecule has 7 nitrogen and oxygen atoms in total. The first kappa shape index (κ1) is 17.7. The first-order valence-corrected chi connectivity index (χ1v) is 8.45. The van der Waals surface area contributed by atoms with Crippen molar-refractivity contribution in [3.05, 3.63) is 18.0 Å². The molecule has 0 saturated carbocycles. The number of guanidine groups is 1. The van der Waals surface area contributed by atoms with Crippen LogP contribution in [-0.4, -0.2) is 67.1 Å². The Hall–Kier alpha value is -1.60. The number of aliphatic imine (C=N–C) groups is 1. The van der Waals surface area contributed by atoms with Gasteiger partial charge in [-0.25, -0.2) is 4.99 Å². The maximum Gasteiger partial charge on any atom is 0.194 e. The van der Waals surface area contributed by atoms with E-state index in [0.717, 1.165) is 63.8 Å². The standard InChI is InChI=1S/C16H29N5O2/c1-3-17-16(18-13-14-5-8-19-20-14)21-9-6-15(7-10-21)23-12-4-11-22-2/h5,8,15H,3-4,6-7,9-13H2,1-2H3,(H,17,18)(H,19,20). The predicted molar refractivity (Wildman–Crippen MR) is 90.4 cm³/mol. The Morgan fingerprint density at radius 3 is 2.91 bits per heavy atom. The van der Waals surface area contributed by atoms with Crippen LogP contribution < -0.4 is 5.32 Å². The number of nitrogens with zero attached hydrogens (tertiary/aromatic N) is 3. The Bertz CT molecular complexity index is 441. The molecule has 0 spiro atoms. The highest BCUT2D eigenvalue weighted by molar-refractivity contribution is 5.80. The van der Waals surface area contributed by atoms with Crippen molar-refractivity contribution in [3.63, 3.8) is 0 Å². The summed E-state index contributed by atoms with van der Waals surface area (Å²) in [4.78, 5) is 7.01. The second kappa shape index (κ2) is 10.2. The molecule has 1 saturated heterocycles. The van der Waals surface area contributed by atoms with Crippen LogP contribution in [0.15, 0.2) is 17.3 Å². The van der Waals surface area contributed by atoms with Crippen LogP contribution in [0.1, 0.15) is 31.9 Å². The van der Waals surface area contributed by atoms with Crippen LogP contribution in [0.2, 0.25) is 0 Å². The monoisotopic (exact) mass is 323 g/mol. The first-order chi connectivity index (χ1) is 11.3. The smallest absolute Gasteiger partial charge is 0.194 e. The summed E-state index contributed by atoms with van der Waals surface area (Å²) in [5.74, 6) is 0.972. The van der Waals surface area contributed by atoms with Gasteiger partial charge in [-0.2, -0.15) is 5.10 Å². The van der Waals surface area contributed by atoms with Crippen molar-refractivity contribution < 1.29 is 9.47 Å². The summed E-state index contributed by atoms with van der Waals surface area (Å²) in [6.45, 7) is 7.09. The van der Waals surface area contributed by atoms with E-state index in [2.05, 4.69) is 27.3 Å². The van der Waals surface area contributed by atoms with Crippen molar-refractivity contribution >= 4 is 5.96 Å². The second-order valence-corrected chi connectivity index (χ2v) is 5.66. The first-order valence-electron chi connectivity index (χ1n) is 8.45. The molecule has 130 valence electrons. The molecule has 2 heterocycles. The molecular formula is C16H29N5O2. The second-order valence-electron chi connectivity index (χ2n) is 5.66. The molecule has 1 aliphatic rings. The van der Waals surface area contributed by atoms with E-state index in [1.165, 1.54) is 0 Å². The van der Waals surface area contributed by atoms with E-state index in [9.17, 15) is 0 Å². The van der Waals surface area contributed by atoms with Gasteiger partial charge < -0.3 is 19.7 Å². The lowest BCUT2D eigenvalue weighted by atomic mass is 10.1. The molecular weight excluding hydrogens is 294 g/mol. The van der Waals surface area contributed by atoms with E-state index >= 15 is 0 Å². The van der Waals surface area contributed by atoms with E-state index in [0.29, 0.717) is 12.6 Å². The normalized spacial score (nSPS) is 16.8. The van der Waals surface area contributed by atoms with Crippen molar-refractivity contribution in [2.75, 3.05) is 40.0 Å². The van der Waals surface area contributed by atoms with Gasteiger partial charge >= 0.3 is 0 Å². The van der Waals surface area contributed by atoms with Gasteiger partial charge in [-0.05, 0) is 32.3 Å². The van der Waals surface area contributed by atoms with Gasteiger partial charge in [-0.3, -0.25) is 5.10 Å². The summed E-state index contributed by atoms with van der Waals surface area (Å²) in [7, 11) is 1.73. The molecule has 2 N–H and O–H groups in total. The van der Waals surface area contributed by atoms with Crippen LogP contribution in [0.4, 0.5) is 0 Å². The molecule has 7 heteroatoms. The van der Waals surface area contributed by atoms with E-state index in [4.69, 9.17) is 14.5 Å². The number of aromatic nitrogens is 2. The number of H-pyrrole nitrogens is 1. The number of methoxy groups -OCH3 is 1. The zero-order valence-corrected chi connectivity index (χ0v) is 14.3. The molecule has 23 heavy (non-hydrogen) atoms. The van der Waals surface area contributed by atoms with Crippen molar-refractivity contribution in [3.8, 4) is 0 Å². The molecule has 0 aromatic carbocycles. The summed E-state index contributed by atoms with van der Waals surface area (Å²) in [5, 5.41) is 10.3. The van der Waals surface area contributed by atoms with Gasteiger partial charge in [0, 0.05) is 46.2 Å². The number of nitrogens with one attached hydrogen (secondary N) is 2. The SMILES string of the molecule is CCNC(=NCc1ccn[nH]1)N1CCC(OCCCOC)CC1. The highest BCUT2D eigenvalue weighted by Crippen LogP contribution is 2.14. The molecule has 0 atom stereocenters. The number of piperidine rings is 1. The molecule has 0 radical (unpaired) electrons. The fourth-order valence-corrected chi connectivity index (χ4v) is 2.65. The minimum atomic E-state index is 0.360. The van der Waals surface area contributed by atoms with E-state index in [1.807, 2.05) is 6.07 Å². The topological polar surface area (TPSA) is 74.8 Å². The fraction of sp³-hybridized carbons (Fsp3) is 0.750. The fourth-order valence-electron chi connectivity index (χ4n) is 2.65. The van der Waals surface area contributed by atoms with Gasteiger partial charge in [0.15, 0.2) is 5.96 Å². The minimum Gasteiger partial charge on any atom is -0.385 e. The van der Waals surface area contributed by atoms with Crippen LogP contribution in [0.25, 0.3) is 0 Å². The Morgan fingerprint density at radius 1 is 1.43 bits per heavy atom. The zero-order chi connectivity index (χ0) is 16.3. The van der Waals surface area contributed by atoms with Crippen LogP contribution in [0.3, 0.4) is 0 Å². The molecule has 1 aromatic rings. The Kier molecular flexibility index (Phi) is 7.89. The lowest BCUT2D eigenvalue weighted by Gasteiger charge is -2.34. The molecule has 1 fully saturated rings. The van der Waals surface area contributed by atoms with Crippen LogP contribution in [0.5, 0.6) is 0 Å². The Labute approximate surface area is 138 Å². The lowest BCUT2D eigenvalue weighted by molar-refractivity contribution is 0.00990. The molecule has 1 aliphatic heterocycles. The summed E-state index contributed by atoms with van der Waals surface area (Å²) in [5.41, 5.74) is 1.02. The van der Waals surface area contributed by atoms with Gasteiger partial charge in [0.2, 0.25) is 0 Å². The number of aromatic amines is 1. The van der Waals surface area contributed by atoms with Crippen molar-refractivity contribution in [1.29, 1.82) is 0 Å². The van der Waals surface area contributed by atoms with E-state index < -0.39 is 0 Å². The number of hydrogen-bond donors (Lipinski definition) is 2. The minimum absolute atomic E-state index is 0.360. The van der Waals surface area contributed by atoms with Gasteiger partial charge in [-0.1, -0.05) is 0 Å². The molecule has 1 aromatic heterocycles. The van der Waals surface area contributed by atoms with Gasteiger partial charge in [0.1, 0.15) is 0 Å². The lowest BCUT2D eigenvalue weighted by Crippen LogP contribution is -2.47. The highest BCUT2D eigenvalue weighted by Gasteiger charge is 2.21.